The van der Waals surface area contributed by atoms with Gasteiger partial charge in [0, 0.05) is 9.82 Å². The summed E-state index contributed by atoms with van der Waals surface area (Å²) < 4.78 is 23.3. The van der Waals surface area contributed by atoms with Crippen molar-refractivity contribution >= 4 is 0 Å². The highest BCUT2D eigenvalue weighted by Gasteiger charge is 2.48. The number of nitrogens with zero attached hydrogens (tertiary/aromatic N) is 6. The average molecular weight is 453 g/mol. The van der Waals surface area contributed by atoms with Crippen molar-refractivity contribution < 1.29 is 18.9 Å². The Balaban J connectivity index is 1.96. The molecule has 1 aliphatic heterocycles. The fourth-order valence-electron chi connectivity index (χ4n) is 4.18. The van der Waals surface area contributed by atoms with Crippen LogP contribution >= 0.6 is 0 Å². The molecule has 2 aromatic carbocycles. The van der Waals surface area contributed by atoms with Crippen molar-refractivity contribution in [2.45, 2.75) is 56.8 Å². The highest BCUT2D eigenvalue weighted by Crippen LogP contribution is 2.37. The number of para-hydroxylation sites is 2. The highest BCUT2D eigenvalue weighted by atomic mass is 16.8. The van der Waals surface area contributed by atoms with Gasteiger partial charge in [0.05, 0.1) is 38.5 Å². The second kappa shape index (κ2) is 10.9. The van der Waals surface area contributed by atoms with Crippen LogP contribution in [0.15, 0.2) is 58.8 Å². The monoisotopic (exact) mass is 452 g/mol. The van der Waals surface area contributed by atoms with Crippen molar-refractivity contribution in [1.29, 1.82) is 0 Å². The number of rotatable bonds is 10. The molecule has 0 N–H and O–H groups in total. The molecule has 10 nitrogen and oxygen atoms in total. The van der Waals surface area contributed by atoms with Gasteiger partial charge in [-0.1, -0.05) is 46.6 Å². The molecule has 1 saturated heterocycles. The van der Waals surface area contributed by atoms with E-state index in [0.717, 1.165) is 11.1 Å². The van der Waals surface area contributed by atoms with Crippen LogP contribution in [0.25, 0.3) is 20.9 Å². The molecule has 1 fully saturated rings. The van der Waals surface area contributed by atoms with Crippen LogP contribution in [0.2, 0.25) is 0 Å². The first-order chi connectivity index (χ1) is 15.9. The molecule has 0 spiro atoms. The Kier molecular flexibility index (Phi) is 8.03. The maximum Gasteiger partial charge on any atom is 0.163 e. The molecular weight excluding hydrogens is 424 g/mol. The van der Waals surface area contributed by atoms with Crippen LogP contribution in [0.5, 0.6) is 11.5 Å². The van der Waals surface area contributed by atoms with E-state index >= 15 is 0 Å². The topological polar surface area (TPSA) is 134 Å². The van der Waals surface area contributed by atoms with Crippen molar-refractivity contribution in [2.75, 3.05) is 14.2 Å². The number of hydrogen-bond donors (Lipinski definition) is 0. The van der Waals surface area contributed by atoms with E-state index in [1.165, 1.54) is 0 Å². The molecule has 0 aromatic heterocycles. The van der Waals surface area contributed by atoms with Gasteiger partial charge in [-0.15, -0.1) is 0 Å². The third-order valence-corrected chi connectivity index (χ3v) is 5.57. The van der Waals surface area contributed by atoms with Crippen LogP contribution in [-0.4, -0.2) is 44.3 Å². The maximum atomic E-state index is 9.30. The first-order valence-corrected chi connectivity index (χ1v) is 10.6. The molecule has 0 unspecified atom stereocenters. The standard InChI is InChI=1S/C23H28N6O4/c1-23(2)32-21(17(26-28-24)13-15-9-5-7-11-19(15)30-3)22(33-23)18(27-29-25)14-16-10-6-8-12-20(16)31-4/h5-12,17-18,21-22H,13-14H2,1-4H3/t17-,18-,21+,22+/m1/s1. The van der Waals surface area contributed by atoms with Gasteiger partial charge < -0.3 is 18.9 Å². The fraction of sp³-hybridized carbons (Fsp3) is 0.478. The van der Waals surface area contributed by atoms with Gasteiger partial charge in [0.1, 0.15) is 11.5 Å². The molecule has 0 radical (unpaired) electrons. The van der Waals surface area contributed by atoms with E-state index in [2.05, 4.69) is 20.1 Å². The Morgan fingerprint density at radius 3 is 1.58 bits per heavy atom. The van der Waals surface area contributed by atoms with Gasteiger partial charge in [0.25, 0.3) is 0 Å². The van der Waals surface area contributed by atoms with Gasteiger partial charge in [0.15, 0.2) is 5.79 Å². The molecule has 0 amide bonds. The summed E-state index contributed by atoms with van der Waals surface area (Å²) in [5.74, 6) is 0.417. The maximum absolute atomic E-state index is 9.30. The van der Waals surface area contributed by atoms with Gasteiger partial charge in [-0.3, -0.25) is 0 Å². The van der Waals surface area contributed by atoms with E-state index in [4.69, 9.17) is 18.9 Å². The number of benzene rings is 2. The SMILES string of the molecule is COc1ccccc1C[C@@H](N=[N+]=[N-])[C@@H]1OC(C)(C)O[C@H]1[C@@H](Cc1ccccc1OC)N=[N+]=[N-]. The van der Waals surface area contributed by atoms with E-state index in [9.17, 15) is 11.1 Å². The molecule has 3 rings (SSSR count). The molecule has 10 heteroatoms. The Morgan fingerprint density at radius 2 is 1.21 bits per heavy atom. The van der Waals surface area contributed by atoms with Gasteiger partial charge in [0.2, 0.25) is 0 Å². The normalized spacial score (nSPS) is 20.7. The molecule has 0 saturated carbocycles. The zero-order chi connectivity index (χ0) is 23.8. The second-order valence-electron chi connectivity index (χ2n) is 8.14. The van der Waals surface area contributed by atoms with Crippen molar-refractivity contribution in [3.63, 3.8) is 0 Å². The van der Waals surface area contributed by atoms with Crippen LogP contribution in [-0.2, 0) is 22.3 Å². The molecule has 0 bridgehead atoms. The van der Waals surface area contributed by atoms with Gasteiger partial charge in [-0.05, 0) is 61.0 Å². The quantitative estimate of drug-likeness (QED) is 0.272. The summed E-state index contributed by atoms with van der Waals surface area (Å²) in [6.45, 7) is 3.57. The van der Waals surface area contributed by atoms with Crippen molar-refractivity contribution in [1.82, 2.24) is 0 Å². The van der Waals surface area contributed by atoms with Crippen molar-refractivity contribution in [2.24, 2.45) is 10.2 Å². The van der Waals surface area contributed by atoms with Crippen LogP contribution < -0.4 is 9.47 Å². The van der Waals surface area contributed by atoms with E-state index < -0.39 is 30.1 Å². The minimum absolute atomic E-state index is 0.367. The third-order valence-electron chi connectivity index (χ3n) is 5.57. The van der Waals surface area contributed by atoms with Gasteiger partial charge in [-0.2, -0.15) is 0 Å². The van der Waals surface area contributed by atoms with E-state index in [1.807, 2.05) is 48.5 Å². The summed E-state index contributed by atoms with van der Waals surface area (Å²) in [5.41, 5.74) is 20.3. The zero-order valence-electron chi connectivity index (χ0n) is 19.2. The molecule has 174 valence electrons. The van der Waals surface area contributed by atoms with Crippen molar-refractivity contribution in [3.05, 3.63) is 80.5 Å². The molecule has 4 atom stereocenters. The fourth-order valence-corrected chi connectivity index (χ4v) is 4.18. The summed E-state index contributed by atoms with van der Waals surface area (Å²) >= 11 is 0. The smallest absolute Gasteiger partial charge is 0.163 e. The summed E-state index contributed by atoms with van der Waals surface area (Å²) in [6.07, 6.45) is -0.560. The zero-order valence-corrected chi connectivity index (χ0v) is 19.2. The molecule has 1 aliphatic rings. The predicted octanol–water partition coefficient (Wildman–Crippen LogP) is 5.37. The lowest BCUT2D eigenvalue weighted by Gasteiger charge is -2.27. The minimum atomic E-state index is -0.955. The molecule has 0 aliphatic carbocycles. The third kappa shape index (κ3) is 5.88. The van der Waals surface area contributed by atoms with E-state index in [-0.39, 0.29) is 0 Å². The van der Waals surface area contributed by atoms with Crippen LogP contribution in [0, 0.1) is 0 Å². The summed E-state index contributed by atoms with van der Waals surface area (Å²) in [4.78, 5) is 6.11. The lowest BCUT2D eigenvalue weighted by atomic mass is 9.91. The van der Waals surface area contributed by atoms with Crippen molar-refractivity contribution in [3.8, 4) is 11.5 Å². The first kappa shape index (κ1) is 24.2. The van der Waals surface area contributed by atoms with Gasteiger partial charge >= 0.3 is 0 Å². The van der Waals surface area contributed by atoms with Gasteiger partial charge in [-0.25, -0.2) is 0 Å². The second-order valence-corrected chi connectivity index (χ2v) is 8.14. The molecule has 33 heavy (non-hydrogen) atoms. The molecule has 2 aromatic rings. The minimum Gasteiger partial charge on any atom is -0.496 e. The summed E-state index contributed by atoms with van der Waals surface area (Å²) in [7, 11) is 3.18. The lowest BCUT2D eigenvalue weighted by Crippen LogP contribution is -2.42. The Bertz CT molecular complexity index is 967. The summed E-state index contributed by atoms with van der Waals surface area (Å²) in [6, 6.07) is 13.8. The van der Waals surface area contributed by atoms with E-state index in [0.29, 0.717) is 24.3 Å². The Morgan fingerprint density at radius 1 is 0.818 bits per heavy atom. The Hall–Kier alpha value is -3.42. The molecular formula is C23H28N6O4. The first-order valence-electron chi connectivity index (χ1n) is 10.6. The predicted molar refractivity (Wildman–Crippen MR) is 123 cm³/mol. The number of azide groups is 2. The van der Waals surface area contributed by atoms with E-state index in [1.54, 1.807) is 28.1 Å². The number of ether oxygens (including phenoxy) is 4. The van der Waals surface area contributed by atoms with Crippen LogP contribution in [0.1, 0.15) is 25.0 Å². The average Bonchev–Trinajstić information content (AvgIpc) is 3.14. The van der Waals surface area contributed by atoms with Crippen LogP contribution in [0.3, 0.4) is 0 Å². The highest BCUT2D eigenvalue weighted by molar-refractivity contribution is 5.35. The number of methoxy groups -OCH3 is 2. The Labute approximate surface area is 192 Å². The lowest BCUT2D eigenvalue weighted by molar-refractivity contribution is -0.149. The largest absolute Gasteiger partial charge is 0.496 e. The number of hydrogen-bond acceptors (Lipinski definition) is 6. The molecule has 1 heterocycles. The van der Waals surface area contributed by atoms with Crippen LogP contribution in [0.4, 0.5) is 0 Å². The summed E-state index contributed by atoms with van der Waals surface area (Å²) in [5, 5.41) is 8.07.